The summed E-state index contributed by atoms with van der Waals surface area (Å²) in [6, 6.07) is 15.8. The number of nitro groups is 1. The first-order valence-corrected chi connectivity index (χ1v) is 8.84. The number of para-hydroxylation sites is 1. The third-order valence-corrected chi connectivity index (χ3v) is 4.10. The number of nitrogens with zero attached hydrogens (tertiary/aromatic N) is 4. The third-order valence-electron chi connectivity index (χ3n) is 4.10. The maximum absolute atomic E-state index is 10.8. The minimum absolute atomic E-state index is 0.0421. The van der Waals surface area contributed by atoms with Gasteiger partial charge in [-0.3, -0.25) is 15.0 Å². The second kappa shape index (κ2) is 9.12. The molecule has 0 radical (unpaired) electrons. The van der Waals surface area contributed by atoms with Crippen LogP contribution >= 0.6 is 0 Å². The van der Waals surface area contributed by atoms with Crippen LogP contribution in [-0.4, -0.2) is 51.0 Å². The van der Waals surface area contributed by atoms with Crippen molar-refractivity contribution < 1.29 is 14.8 Å². The average Bonchev–Trinajstić information content (AvgIpc) is 3.15. The molecule has 146 valence electrons. The maximum Gasteiger partial charge on any atom is 0.273 e. The lowest BCUT2D eigenvalue weighted by molar-refractivity contribution is -0.384. The Hall–Kier alpha value is -3.23. The molecule has 2 aromatic carbocycles. The van der Waals surface area contributed by atoms with Crippen LogP contribution in [0.1, 0.15) is 5.56 Å². The van der Waals surface area contributed by atoms with Gasteiger partial charge in [0, 0.05) is 30.9 Å². The first-order chi connectivity index (χ1) is 13.5. The van der Waals surface area contributed by atoms with Crippen LogP contribution in [0.25, 0.3) is 5.69 Å². The van der Waals surface area contributed by atoms with E-state index in [2.05, 4.69) is 5.10 Å². The second-order valence-electron chi connectivity index (χ2n) is 6.54. The zero-order valence-electron chi connectivity index (χ0n) is 15.5. The Labute approximate surface area is 162 Å². The van der Waals surface area contributed by atoms with Gasteiger partial charge in [0.05, 0.1) is 22.9 Å². The molecule has 0 amide bonds. The smallest absolute Gasteiger partial charge is 0.273 e. The molecule has 0 fully saturated rings. The first kappa shape index (κ1) is 19.5. The highest BCUT2D eigenvalue weighted by Gasteiger charge is 2.12. The van der Waals surface area contributed by atoms with Crippen LogP contribution in [0.2, 0.25) is 0 Å². The van der Waals surface area contributed by atoms with E-state index in [1.807, 2.05) is 53.2 Å². The highest BCUT2D eigenvalue weighted by molar-refractivity contribution is 5.38. The summed E-state index contributed by atoms with van der Waals surface area (Å²) in [5.41, 5.74) is 1.97. The van der Waals surface area contributed by atoms with Gasteiger partial charge < -0.3 is 9.84 Å². The molecule has 1 heterocycles. The number of hydrogen-bond donors (Lipinski definition) is 1. The molecule has 0 aliphatic rings. The third kappa shape index (κ3) is 5.38. The number of aliphatic hydroxyl groups is 1. The molecule has 1 N–H and O–H groups in total. The molecule has 8 nitrogen and oxygen atoms in total. The largest absolute Gasteiger partial charge is 0.491 e. The van der Waals surface area contributed by atoms with E-state index in [1.54, 1.807) is 18.3 Å². The molecule has 0 aliphatic heterocycles. The lowest BCUT2D eigenvalue weighted by Crippen LogP contribution is -2.32. The molecular weight excluding hydrogens is 360 g/mol. The number of aliphatic hydroxyl groups excluding tert-OH is 1. The highest BCUT2D eigenvalue weighted by Crippen LogP contribution is 2.19. The first-order valence-electron chi connectivity index (χ1n) is 8.84. The standard InChI is InChI=1S/C20H22N4O4/c1-22(12-16-11-21-23(13-16)17-6-3-2-4-7-17)14-19(25)15-28-20-9-5-8-18(10-20)24(26)27/h2-11,13,19,25H,12,14-15H2,1H3. The average molecular weight is 382 g/mol. The van der Waals surface area contributed by atoms with Gasteiger partial charge >= 0.3 is 0 Å². The molecule has 1 aromatic heterocycles. The van der Waals surface area contributed by atoms with Crippen molar-refractivity contribution in [2.45, 2.75) is 12.6 Å². The van der Waals surface area contributed by atoms with E-state index in [0.29, 0.717) is 18.8 Å². The van der Waals surface area contributed by atoms with E-state index in [0.717, 1.165) is 11.3 Å². The van der Waals surface area contributed by atoms with Crippen molar-refractivity contribution in [2.75, 3.05) is 20.2 Å². The van der Waals surface area contributed by atoms with Crippen LogP contribution in [-0.2, 0) is 6.54 Å². The number of nitro benzene ring substituents is 1. The quantitative estimate of drug-likeness (QED) is 0.452. The molecular formula is C20H22N4O4. The molecule has 1 unspecified atom stereocenters. The van der Waals surface area contributed by atoms with E-state index < -0.39 is 11.0 Å². The van der Waals surface area contributed by atoms with E-state index >= 15 is 0 Å². The predicted octanol–water partition coefficient (Wildman–Crippen LogP) is 2.65. The van der Waals surface area contributed by atoms with Crippen molar-refractivity contribution in [1.29, 1.82) is 0 Å². The Morgan fingerprint density at radius 3 is 2.79 bits per heavy atom. The van der Waals surface area contributed by atoms with Crippen molar-refractivity contribution in [3.05, 3.63) is 82.7 Å². The fourth-order valence-electron chi connectivity index (χ4n) is 2.83. The van der Waals surface area contributed by atoms with Gasteiger partial charge in [0.15, 0.2) is 0 Å². The molecule has 3 rings (SSSR count). The topological polar surface area (TPSA) is 93.7 Å². The Morgan fingerprint density at radius 2 is 2.04 bits per heavy atom. The van der Waals surface area contributed by atoms with Crippen molar-refractivity contribution in [3.8, 4) is 11.4 Å². The molecule has 0 bridgehead atoms. The fraction of sp³-hybridized carbons (Fsp3) is 0.250. The molecule has 0 spiro atoms. The normalized spacial score (nSPS) is 12.1. The number of likely N-dealkylation sites (N-methyl/N-ethyl adjacent to an activating group) is 1. The van der Waals surface area contributed by atoms with E-state index in [9.17, 15) is 15.2 Å². The van der Waals surface area contributed by atoms with E-state index in [1.165, 1.54) is 12.1 Å². The summed E-state index contributed by atoms with van der Waals surface area (Å²) in [6.45, 7) is 1.07. The van der Waals surface area contributed by atoms with Gasteiger partial charge in [-0.15, -0.1) is 0 Å². The van der Waals surface area contributed by atoms with Crippen molar-refractivity contribution in [1.82, 2.24) is 14.7 Å². The van der Waals surface area contributed by atoms with Gasteiger partial charge in [-0.2, -0.15) is 5.10 Å². The van der Waals surface area contributed by atoms with Crippen LogP contribution in [0.5, 0.6) is 5.75 Å². The number of rotatable bonds is 9. The van der Waals surface area contributed by atoms with Gasteiger partial charge in [-0.1, -0.05) is 24.3 Å². The number of benzene rings is 2. The van der Waals surface area contributed by atoms with Crippen molar-refractivity contribution >= 4 is 5.69 Å². The van der Waals surface area contributed by atoms with Crippen LogP contribution < -0.4 is 4.74 Å². The number of non-ortho nitro benzene ring substituents is 1. The minimum atomic E-state index is -0.728. The van der Waals surface area contributed by atoms with Gasteiger partial charge in [0.25, 0.3) is 5.69 Å². The molecule has 1 atom stereocenters. The van der Waals surface area contributed by atoms with Gasteiger partial charge in [0.2, 0.25) is 0 Å². The predicted molar refractivity (Wildman–Crippen MR) is 104 cm³/mol. The number of hydrogen-bond acceptors (Lipinski definition) is 6. The summed E-state index contributed by atoms with van der Waals surface area (Å²) >= 11 is 0. The van der Waals surface area contributed by atoms with Crippen molar-refractivity contribution in [3.63, 3.8) is 0 Å². The fourth-order valence-corrected chi connectivity index (χ4v) is 2.83. The summed E-state index contributed by atoms with van der Waals surface area (Å²) < 4.78 is 7.28. The molecule has 0 saturated carbocycles. The summed E-state index contributed by atoms with van der Waals surface area (Å²) in [5.74, 6) is 0.361. The van der Waals surface area contributed by atoms with Crippen LogP contribution in [0.3, 0.4) is 0 Å². The molecule has 8 heteroatoms. The second-order valence-corrected chi connectivity index (χ2v) is 6.54. The van der Waals surface area contributed by atoms with Crippen LogP contribution in [0.15, 0.2) is 67.0 Å². The summed E-state index contributed by atoms with van der Waals surface area (Å²) in [7, 11) is 1.90. The van der Waals surface area contributed by atoms with Gasteiger partial charge in [-0.25, -0.2) is 4.68 Å². The lowest BCUT2D eigenvalue weighted by Gasteiger charge is -2.20. The van der Waals surface area contributed by atoms with E-state index in [4.69, 9.17) is 4.74 Å². The Morgan fingerprint density at radius 1 is 1.25 bits per heavy atom. The molecule has 28 heavy (non-hydrogen) atoms. The Kier molecular flexibility index (Phi) is 6.36. The highest BCUT2D eigenvalue weighted by atomic mass is 16.6. The lowest BCUT2D eigenvalue weighted by atomic mass is 10.3. The zero-order valence-corrected chi connectivity index (χ0v) is 15.5. The van der Waals surface area contributed by atoms with Crippen LogP contribution in [0, 0.1) is 10.1 Å². The monoisotopic (exact) mass is 382 g/mol. The van der Waals surface area contributed by atoms with E-state index in [-0.39, 0.29) is 12.3 Å². The Balaban J connectivity index is 1.48. The molecule has 3 aromatic rings. The minimum Gasteiger partial charge on any atom is -0.491 e. The zero-order chi connectivity index (χ0) is 19.9. The molecule has 0 saturated heterocycles. The Bertz CT molecular complexity index is 913. The number of ether oxygens (including phenoxy) is 1. The summed E-state index contributed by atoms with van der Waals surface area (Å²) in [5, 5.41) is 25.4. The maximum atomic E-state index is 10.8. The van der Waals surface area contributed by atoms with Gasteiger partial charge in [0.1, 0.15) is 18.5 Å². The van der Waals surface area contributed by atoms with Crippen LogP contribution in [0.4, 0.5) is 5.69 Å². The summed E-state index contributed by atoms with van der Waals surface area (Å²) in [6.07, 6.45) is 3.03. The SMILES string of the molecule is CN(Cc1cnn(-c2ccccc2)c1)CC(O)COc1cccc([N+](=O)[O-])c1. The molecule has 0 aliphatic carbocycles. The number of aromatic nitrogens is 2. The van der Waals surface area contributed by atoms with Gasteiger partial charge in [-0.05, 0) is 25.2 Å². The van der Waals surface area contributed by atoms with Crippen molar-refractivity contribution in [2.24, 2.45) is 0 Å². The summed E-state index contributed by atoms with van der Waals surface area (Å²) in [4.78, 5) is 12.3.